The van der Waals surface area contributed by atoms with Crippen LogP contribution in [0.4, 0.5) is 0 Å². The Morgan fingerprint density at radius 1 is 1.37 bits per heavy atom. The number of methoxy groups -OCH3 is 2. The Morgan fingerprint density at radius 3 is 2.37 bits per heavy atom. The normalized spacial score (nSPS) is 11.3. The van der Waals surface area contributed by atoms with Crippen LogP contribution in [0.1, 0.15) is 25.0 Å². The first-order valence-electron chi connectivity index (χ1n) is 5.88. The Labute approximate surface area is 118 Å². The molecule has 5 heteroatoms. The van der Waals surface area contributed by atoms with Gasteiger partial charge < -0.3 is 14.6 Å². The number of benzene rings is 1. The summed E-state index contributed by atoms with van der Waals surface area (Å²) in [5, 5.41) is 9.67. The maximum Gasteiger partial charge on any atom is 0.309 e. The first-order chi connectivity index (χ1) is 8.74. The number of rotatable bonds is 5. The van der Waals surface area contributed by atoms with Crippen LogP contribution in [0.25, 0.3) is 0 Å². The first-order valence-corrected chi connectivity index (χ1v) is 6.25. The molecule has 4 nitrogen and oxygen atoms in total. The molecule has 0 radical (unpaired) electrons. The molecule has 19 heavy (non-hydrogen) atoms. The van der Waals surface area contributed by atoms with E-state index in [9.17, 15) is 9.90 Å². The maximum absolute atomic E-state index is 11.2. The average molecular weight is 287 g/mol. The average Bonchev–Trinajstić information content (AvgIpc) is 2.33. The molecular formula is C14H19ClO4. The number of carboxylic acids is 1. The molecule has 1 N–H and O–H groups in total. The summed E-state index contributed by atoms with van der Waals surface area (Å²) in [5.74, 6) is 0.265. The van der Waals surface area contributed by atoms with Gasteiger partial charge in [-0.05, 0) is 33.3 Å². The van der Waals surface area contributed by atoms with Crippen LogP contribution < -0.4 is 9.47 Å². The van der Waals surface area contributed by atoms with Crippen molar-refractivity contribution in [2.24, 2.45) is 5.41 Å². The summed E-state index contributed by atoms with van der Waals surface area (Å²) < 4.78 is 10.6. The van der Waals surface area contributed by atoms with E-state index >= 15 is 0 Å². The number of hydrogen-bond acceptors (Lipinski definition) is 3. The zero-order chi connectivity index (χ0) is 14.8. The highest BCUT2D eigenvalue weighted by molar-refractivity contribution is 6.33. The van der Waals surface area contributed by atoms with E-state index in [1.54, 1.807) is 27.0 Å². The first kappa shape index (κ1) is 15.6. The number of aliphatic carboxylic acids is 1. The van der Waals surface area contributed by atoms with E-state index in [4.69, 9.17) is 21.1 Å². The van der Waals surface area contributed by atoms with Crippen molar-refractivity contribution in [2.75, 3.05) is 14.2 Å². The molecule has 0 bridgehead atoms. The quantitative estimate of drug-likeness (QED) is 0.902. The van der Waals surface area contributed by atoms with Crippen molar-refractivity contribution in [3.8, 4) is 11.5 Å². The van der Waals surface area contributed by atoms with E-state index in [1.807, 2.05) is 6.92 Å². The zero-order valence-electron chi connectivity index (χ0n) is 11.8. The second-order valence-electron chi connectivity index (χ2n) is 5.08. The van der Waals surface area contributed by atoms with E-state index in [2.05, 4.69) is 0 Å². The van der Waals surface area contributed by atoms with E-state index in [-0.39, 0.29) is 0 Å². The number of halogens is 1. The Bertz CT molecular complexity index is 495. The van der Waals surface area contributed by atoms with Crippen molar-refractivity contribution in [1.82, 2.24) is 0 Å². The molecule has 0 saturated carbocycles. The highest BCUT2D eigenvalue weighted by atomic mass is 35.5. The predicted molar refractivity (Wildman–Crippen MR) is 74.4 cm³/mol. The molecule has 1 aromatic rings. The second kappa shape index (κ2) is 5.70. The molecule has 0 spiro atoms. The topological polar surface area (TPSA) is 55.8 Å². The summed E-state index contributed by atoms with van der Waals surface area (Å²) >= 11 is 6.24. The van der Waals surface area contributed by atoms with Gasteiger partial charge in [-0.2, -0.15) is 0 Å². The van der Waals surface area contributed by atoms with Gasteiger partial charge in [0.15, 0.2) is 0 Å². The number of ether oxygens (including phenoxy) is 2. The molecular weight excluding hydrogens is 268 g/mol. The van der Waals surface area contributed by atoms with Gasteiger partial charge in [-0.1, -0.05) is 11.6 Å². The van der Waals surface area contributed by atoms with Crippen molar-refractivity contribution in [2.45, 2.75) is 27.2 Å². The SMILES string of the molecule is COc1cc(CC(C)(C)C(=O)O)c(OC)c(Cl)c1C. The van der Waals surface area contributed by atoms with Gasteiger partial charge >= 0.3 is 5.97 Å². The zero-order valence-corrected chi connectivity index (χ0v) is 12.6. The molecule has 0 amide bonds. The Hall–Kier alpha value is -1.42. The fraction of sp³-hybridized carbons (Fsp3) is 0.500. The molecule has 106 valence electrons. The van der Waals surface area contributed by atoms with E-state index < -0.39 is 11.4 Å². The largest absolute Gasteiger partial charge is 0.496 e. The van der Waals surface area contributed by atoms with Crippen molar-refractivity contribution in [3.63, 3.8) is 0 Å². The monoisotopic (exact) mass is 286 g/mol. The summed E-state index contributed by atoms with van der Waals surface area (Å²) in [5.41, 5.74) is 0.594. The fourth-order valence-corrected chi connectivity index (χ4v) is 2.16. The van der Waals surface area contributed by atoms with Crippen molar-refractivity contribution in [1.29, 1.82) is 0 Å². The van der Waals surface area contributed by atoms with Crippen LogP contribution >= 0.6 is 11.6 Å². The molecule has 0 atom stereocenters. The lowest BCUT2D eigenvalue weighted by Crippen LogP contribution is -2.26. The lowest BCUT2D eigenvalue weighted by atomic mass is 9.85. The smallest absolute Gasteiger partial charge is 0.309 e. The summed E-state index contributed by atoms with van der Waals surface area (Å²) in [4.78, 5) is 11.2. The van der Waals surface area contributed by atoms with Crippen molar-refractivity contribution in [3.05, 3.63) is 22.2 Å². The number of carboxylic acid groups (broad SMARTS) is 1. The predicted octanol–water partition coefficient (Wildman–Crippen LogP) is 3.32. The Kier molecular flexibility index (Phi) is 4.69. The van der Waals surface area contributed by atoms with Crippen LogP contribution in [0.2, 0.25) is 5.02 Å². The fourth-order valence-electron chi connectivity index (χ4n) is 1.87. The van der Waals surface area contributed by atoms with Gasteiger partial charge in [0, 0.05) is 11.1 Å². The second-order valence-corrected chi connectivity index (χ2v) is 5.45. The molecule has 0 aliphatic heterocycles. The van der Waals surface area contributed by atoms with E-state index in [1.165, 1.54) is 7.11 Å². The number of carbonyl (C=O) groups is 1. The summed E-state index contributed by atoms with van der Waals surface area (Å²) in [6.07, 6.45) is 0.307. The van der Waals surface area contributed by atoms with Gasteiger partial charge in [0.2, 0.25) is 0 Å². The lowest BCUT2D eigenvalue weighted by molar-refractivity contribution is -0.146. The third-order valence-electron chi connectivity index (χ3n) is 3.13. The van der Waals surface area contributed by atoms with Crippen LogP contribution in [-0.2, 0) is 11.2 Å². The Balaban J connectivity index is 3.34. The summed E-state index contributed by atoms with van der Waals surface area (Å²) in [6, 6.07) is 1.78. The minimum atomic E-state index is -0.906. The minimum absolute atomic E-state index is 0.307. The molecule has 0 saturated heterocycles. The third kappa shape index (κ3) is 3.13. The van der Waals surface area contributed by atoms with Crippen LogP contribution in [-0.4, -0.2) is 25.3 Å². The van der Waals surface area contributed by atoms with Crippen LogP contribution in [0.5, 0.6) is 11.5 Å². The highest BCUT2D eigenvalue weighted by Gasteiger charge is 2.30. The van der Waals surface area contributed by atoms with Crippen molar-refractivity contribution >= 4 is 17.6 Å². The molecule has 0 aliphatic rings. The van der Waals surface area contributed by atoms with Crippen LogP contribution in [0.15, 0.2) is 6.07 Å². The maximum atomic E-state index is 11.2. The van der Waals surface area contributed by atoms with Crippen LogP contribution in [0, 0.1) is 12.3 Å². The lowest BCUT2D eigenvalue weighted by Gasteiger charge is -2.22. The molecule has 0 fully saturated rings. The van der Waals surface area contributed by atoms with E-state index in [0.29, 0.717) is 22.9 Å². The molecule has 1 aromatic carbocycles. The van der Waals surface area contributed by atoms with Gasteiger partial charge in [-0.25, -0.2) is 0 Å². The van der Waals surface area contributed by atoms with Crippen LogP contribution in [0.3, 0.4) is 0 Å². The van der Waals surface area contributed by atoms with Crippen molar-refractivity contribution < 1.29 is 19.4 Å². The van der Waals surface area contributed by atoms with Gasteiger partial charge in [0.05, 0.1) is 24.7 Å². The molecule has 0 unspecified atom stereocenters. The number of hydrogen-bond donors (Lipinski definition) is 1. The van der Waals surface area contributed by atoms with Gasteiger partial charge in [-0.15, -0.1) is 0 Å². The van der Waals surface area contributed by atoms with E-state index in [0.717, 1.165) is 11.1 Å². The highest BCUT2D eigenvalue weighted by Crippen LogP contribution is 2.40. The molecule has 0 aromatic heterocycles. The molecule has 1 rings (SSSR count). The minimum Gasteiger partial charge on any atom is -0.496 e. The summed E-state index contributed by atoms with van der Waals surface area (Å²) in [6.45, 7) is 5.15. The molecule has 0 heterocycles. The Morgan fingerprint density at radius 2 is 1.95 bits per heavy atom. The standard InChI is InChI=1S/C14H19ClO4/c1-8-10(18-4)6-9(12(19-5)11(8)15)7-14(2,3)13(16)17/h6H,7H2,1-5H3,(H,16,17). The molecule has 0 aliphatic carbocycles. The van der Waals surface area contributed by atoms with Gasteiger partial charge in [-0.3, -0.25) is 4.79 Å². The van der Waals surface area contributed by atoms with Gasteiger partial charge in [0.1, 0.15) is 11.5 Å². The van der Waals surface area contributed by atoms with Gasteiger partial charge in [0.25, 0.3) is 0 Å². The third-order valence-corrected chi connectivity index (χ3v) is 3.59. The summed E-state index contributed by atoms with van der Waals surface area (Å²) in [7, 11) is 3.07.